The molecule has 0 spiro atoms. The van der Waals surface area contributed by atoms with Crippen LogP contribution in [-0.2, 0) is 13.0 Å². The van der Waals surface area contributed by atoms with Crippen LogP contribution in [0.5, 0.6) is 11.5 Å². The van der Waals surface area contributed by atoms with E-state index in [4.69, 9.17) is 9.47 Å². The second kappa shape index (κ2) is 8.47. The van der Waals surface area contributed by atoms with Gasteiger partial charge in [0.1, 0.15) is 5.01 Å². The van der Waals surface area contributed by atoms with Gasteiger partial charge in [0, 0.05) is 34.5 Å². The quantitative estimate of drug-likeness (QED) is 0.626. The van der Waals surface area contributed by atoms with E-state index >= 15 is 0 Å². The predicted molar refractivity (Wildman–Crippen MR) is 104 cm³/mol. The molecule has 0 saturated carbocycles. The van der Waals surface area contributed by atoms with Crippen LogP contribution in [0.15, 0.2) is 41.1 Å². The average Bonchev–Trinajstić information content (AvgIpc) is 3.29. The molecule has 4 nitrogen and oxygen atoms in total. The third kappa shape index (κ3) is 4.39. The maximum atomic E-state index is 5.54. The van der Waals surface area contributed by atoms with E-state index in [0.717, 1.165) is 34.2 Å². The third-order valence-corrected chi connectivity index (χ3v) is 5.92. The Balaban J connectivity index is 1.79. The fraction of sp³-hybridized carbons (Fsp3) is 0.316. The zero-order valence-electron chi connectivity index (χ0n) is 14.6. The van der Waals surface area contributed by atoms with E-state index in [9.17, 15) is 0 Å². The number of aromatic nitrogens is 1. The van der Waals surface area contributed by atoms with E-state index in [2.05, 4.69) is 39.3 Å². The summed E-state index contributed by atoms with van der Waals surface area (Å²) in [5, 5.41) is 8.98. The molecular weight excluding hydrogens is 352 g/mol. The topological polar surface area (TPSA) is 43.4 Å². The second-order valence-electron chi connectivity index (χ2n) is 5.70. The zero-order valence-corrected chi connectivity index (χ0v) is 16.2. The highest BCUT2D eigenvalue weighted by Gasteiger charge is 2.18. The standard InChI is InChI=1S/C19H22N2O2S2/c1-13-12-25-19(21-13)16(10-15-7-5-9-24-15)20-11-14-6-4-8-17(22-2)18(14)23-3/h4-9,12,16,20H,10-11H2,1-3H3/t16-/m0/s1. The molecule has 0 amide bonds. The molecule has 2 heterocycles. The fourth-order valence-electron chi connectivity index (χ4n) is 2.73. The lowest BCUT2D eigenvalue weighted by molar-refractivity contribution is 0.349. The van der Waals surface area contributed by atoms with Crippen molar-refractivity contribution in [1.82, 2.24) is 10.3 Å². The van der Waals surface area contributed by atoms with E-state index in [1.54, 1.807) is 36.9 Å². The van der Waals surface area contributed by atoms with E-state index in [1.807, 2.05) is 19.1 Å². The van der Waals surface area contributed by atoms with Gasteiger partial charge >= 0.3 is 0 Å². The number of nitrogens with zero attached hydrogens (tertiary/aromatic N) is 1. The minimum absolute atomic E-state index is 0.174. The normalized spacial score (nSPS) is 12.1. The first-order chi connectivity index (χ1) is 12.2. The van der Waals surface area contributed by atoms with Gasteiger partial charge < -0.3 is 14.8 Å². The molecule has 0 aliphatic carbocycles. The fourth-order valence-corrected chi connectivity index (χ4v) is 4.36. The summed E-state index contributed by atoms with van der Waals surface area (Å²) >= 11 is 3.49. The number of nitrogens with one attached hydrogen (secondary N) is 1. The van der Waals surface area contributed by atoms with Crippen LogP contribution in [0.3, 0.4) is 0 Å². The Morgan fingerprint density at radius 3 is 2.64 bits per heavy atom. The number of para-hydroxylation sites is 1. The molecule has 0 saturated heterocycles. The van der Waals surface area contributed by atoms with Crippen molar-refractivity contribution in [2.24, 2.45) is 0 Å². The average molecular weight is 375 g/mol. The van der Waals surface area contributed by atoms with Crippen LogP contribution in [0.1, 0.15) is 27.2 Å². The molecule has 0 radical (unpaired) electrons. The molecule has 132 valence electrons. The molecule has 0 bridgehead atoms. The third-order valence-electron chi connectivity index (χ3n) is 3.94. The van der Waals surface area contributed by atoms with Crippen molar-refractivity contribution in [3.8, 4) is 11.5 Å². The summed E-state index contributed by atoms with van der Waals surface area (Å²) in [6.45, 7) is 2.72. The van der Waals surface area contributed by atoms with Crippen LogP contribution < -0.4 is 14.8 Å². The molecule has 0 aliphatic heterocycles. The van der Waals surface area contributed by atoms with Crippen LogP contribution in [0.4, 0.5) is 0 Å². The van der Waals surface area contributed by atoms with Crippen LogP contribution in [0, 0.1) is 6.92 Å². The molecule has 0 fully saturated rings. The zero-order chi connectivity index (χ0) is 17.6. The lowest BCUT2D eigenvalue weighted by atomic mass is 10.1. The van der Waals surface area contributed by atoms with Gasteiger partial charge in [-0.25, -0.2) is 4.98 Å². The number of hydrogen-bond acceptors (Lipinski definition) is 6. The van der Waals surface area contributed by atoms with Gasteiger partial charge in [0.25, 0.3) is 0 Å². The van der Waals surface area contributed by atoms with Crippen molar-refractivity contribution < 1.29 is 9.47 Å². The first kappa shape index (κ1) is 17.9. The molecule has 3 aromatic rings. The first-order valence-electron chi connectivity index (χ1n) is 8.09. The van der Waals surface area contributed by atoms with Gasteiger partial charge in [-0.05, 0) is 24.4 Å². The number of hydrogen-bond donors (Lipinski definition) is 1. The Morgan fingerprint density at radius 2 is 2.00 bits per heavy atom. The predicted octanol–water partition coefficient (Wildman–Crippen LogP) is 4.60. The SMILES string of the molecule is COc1cccc(CN[C@@H](Cc2cccs2)c2nc(C)cs2)c1OC. The van der Waals surface area contributed by atoms with E-state index < -0.39 is 0 Å². The summed E-state index contributed by atoms with van der Waals surface area (Å²) in [4.78, 5) is 6.03. The Morgan fingerprint density at radius 1 is 1.12 bits per heavy atom. The van der Waals surface area contributed by atoms with Crippen molar-refractivity contribution in [3.63, 3.8) is 0 Å². The number of thiophene rings is 1. The smallest absolute Gasteiger partial charge is 0.165 e. The summed E-state index contributed by atoms with van der Waals surface area (Å²) in [7, 11) is 3.33. The molecule has 1 N–H and O–H groups in total. The Hall–Kier alpha value is -1.89. The molecule has 0 aliphatic rings. The van der Waals surface area contributed by atoms with Crippen molar-refractivity contribution in [2.45, 2.75) is 25.9 Å². The maximum Gasteiger partial charge on any atom is 0.165 e. The minimum Gasteiger partial charge on any atom is -0.493 e. The summed E-state index contributed by atoms with van der Waals surface area (Å²) in [6, 6.07) is 10.4. The number of rotatable bonds is 8. The molecule has 1 atom stereocenters. The van der Waals surface area contributed by atoms with Crippen LogP contribution in [0.2, 0.25) is 0 Å². The number of ether oxygens (including phenoxy) is 2. The van der Waals surface area contributed by atoms with E-state index in [-0.39, 0.29) is 6.04 Å². The molecule has 3 rings (SSSR count). The van der Waals surface area contributed by atoms with Crippen LogP contribution in [-0.4, -0.2) is 19.2 Å². The van der Waals surface area contributed by atoms with Gasteiger partial charge in [0.2, 0.25) is 0 Å². The van der Waals surface area contributed by atoms with Gasteiger partial charge in [-0.1, -0.05) is 18.2 Å². The van der Waals surface area contributed by atoms with Gasteiger partial charge in [-0.3, -0.25) is 0 Å². The van der Waals surface area contributed by atoms with Crippen molar-refractivity contribution in [2.75, 3.05) is 14.2 Å². The Labute approximate surface area is 156 Å². The van der Waals surface area contributed by atoms with E-state index in [0.29, 0.717) is 6.54 Å². The van der Waals surface area contributed by atoms with Crippen LogP contribution >= 0.6 is 22.7 Å². The number of aryl methyl sites for hydroxylation is 1. The molecule has 25 heavy (non-hydrogen) atoms. The molecule has 6 heteroatoms. The first-order valence-corrected chi connectivity index (χ1v) is 9.85. The Bertz CT molecular complexity index is 800. The summed E-state index contributed by atoms with van der Waals surface area (Å²) < 4.78 is 10.9. The summed E-state index contributed by atoms with van der Waals surface area (Å²) in [6.07, 6.45) is 0.927. The van der Waals surface area contributed by atoms with E-state index in [1.165, 1.54) is 4.88 Å². The van der Waals surface area contributed by atoms with Gasteiger partial charge in [-0.15, -0.1) is 22.7 Å². The number of benzene rings is 1. The maximum absolute atomic E-state index is 5.54. The van der Waals surface area contributed by atoms with Crippen LogP contribution in [0.25, 0.3) is 0 Å². The van der Waals surface area contributed by atoms with Crippen molar-refractivity contribution >= 4 is 22.7 Å². The highest BCUT2D eigenvalue weighted by molar-refractivity contribution is 7.10. The molecule has 1 aromatic carbocycles. The largest absolute Gasteiger partial charge is 0.493 e. The lowest BCUT2D eigenvalue weighted by Gasteiger charge is -2.18. The number of thiazole rings is 1. The molecular formula is C19H22N2O2S2. The highest BCUT2D eigenvalue weighted by atomic mass is 32.1. The van der Waals surface area contributed by atoms with Crippen molar-refractivity contribution in [3.05, 3.63) is 62.2 Å². The second-order valence-corrected chi connectivity index (χ2v) is 7.62. The van der Waals surface area contributed by atoms with Gasteiger partial charge in [0.05, 0.1) is 20.3 Å². The Kier molecular flexibility index (Phi) is 6.07. The molecule has 2 aromatic heterocycles. The minimum atomic E-state index is 0.174. The molecule has 0 unspecified atom stereocenters. The summed E-state index contributed by atoms with van der Waals surface area (Å²) in [5.41, 5.74) is 2.14. The number of methoxy groups -OCH3 is 2. The lowest BCUT2D eigenvalue weighted by Crippen LogP contribution is -2.23. The van der Waals surface area contributed by atoms with Gasteiger partial charge in [-0.2, -0.15) is 0 Å². The van der Waals surface area contributed by atoms with Gasteiger partial charge in [0.15, 0.2) is 11.5 Å². The monoisotopic (exact) mass is 374 g/mol. The van der Waals surface area contributed by atoms with Crippen molar-refractivity contribution in [1.29, 1.82) is 0 Å². The highest BCUT2D eigenvalue weighted by Crippen LogP contribution is 2.31. The summed E-state index contributed by atoms with van der Waals surface area (Å²) in [5.74, 6) is 1.53.